The van der Waals surface area contributed by atoms with Gasteiger partial charge in [0.05, 0.1) is 0 Å². The summed E-state index contributed by atoms with van der Waals surface area (Å²) in [5.74, 6) is 1.75. The molecule has 3 nitrogen and oxygen atoms in total. The largest absolute Gasteiger partial charge is 0.464 e. The highest BCUT2D eigenvalue weighted by Gasteiger charge is 2.00. The van der Waals surface area contributed by atoms with Crippen LogP contribution in [0.25, 0.3) is 0 Å². The molecule has 3 heteroatoms. The molecule has 0 fully saturated rings. The Labute approximate surface area is 72.0 Å². The molecule has 0 bridgehead atoms. The second kappa shape index (κ2) is 4.95. The molecule has 1 aromatic heterocycles. The summed E-state index contributed by atoms with van der Waals surface area (Å²) in [5.41, 5.74) is 0. The number of aliphatic hydroxyl groups is 1. The quantitative estimate of drug-likeness (QED) is 0.725. The number of ether oxygens (including phenoxy) is 1. The van der Waals surface area contributed by atoms with Crippen LogP contribution in [0.2, 0.25) is 0 Å². The third kappa shape index (κ3) is 2.68. The van der Waals surface area contributed by atoms with Gasteiger partial charge < -0.3 is 14.3 Å². The van der Waals surface area contributed by atoms with Crippen molar-refractivity contribution in [3.05, 3.63) is 23.7 Å². The van der Waals surface area contributed by atoms with Crippen molar-refractivity contribution in [1.82, 2.24) is 0 Å². The average molecular weight is 170 g/mol. The van der Waals surface area contributed by atoms with Gasteiger partial charge in [-0.15, -0.1) is 0 Å². The van der Waals surface area contributed by atoms with Crippen LogP contribution in [-0.2, 0) is 17.8 Å². The van der Waals surface area contributed by atoms with Gasteiger partial charge in [0.2, 0.25) is 0 Å². The first-order valence-corrected chi connectivity index (χ1v) is 4.04. The zero-order chi connectivity index (χ0) is 8.81. The maximum atomic E-state index is 8.57. The molecule has 1 rings (SSSR count). The number of hydrogen-bond donors (Lipinski definition) is 1. The predicted molar refractivity (Wildman–Crippen MR) is 44.8 cm³/mol. The second-order valence-corrected chi connectivity index (χ2v) is 2.63. The van der Waals surface area contributed by atoms with E-state index in [1.807, 2.05) is 12.1 Å². The van der Waals surface area contributed by atoms with Gasteiger partial charge >= 0.3 is 0 Å². The van der Waals surface area contributed by atoms with E-state index in [9.17, 15) is 0 Å². The van der Waals surface area contributed by atoms with Gasteiger partial charge in [-0.05, 0) is 18.6 Å². The van der Waals surface area contributed by atoms with E-state index in [-0.39, 0.29) is 6.61 Å². The van der Waals surface area contributed by atoms with Gasteiger partial charge in [0.25, 0.3) is 0 Å². The van der Waals surface area contributed by atoms with Crippen molar-refractivity contribution in [3.8, 4) is 0 Å². The lowest BCUT2D eigenvalue weighted by Gasteiger charge is -1.94. The summed E-state index contributed by atoms with van der Waals surface area (Å²) < 4.78 is 10.3. The number of methoxy groups -OCH3 is 1. The minimum Gasteiger partial charge on any atom is -0.464 e. The Morgan fingerprint density at radius 1 is 1.42 bits per heavy atom. The number of aliphatic hydroxyl groups excluding tert-OH is 1. The van der Waals surface area contributed by atoms with Crippen LogP contribution in [0.3, 0.4) is 0 Å². The Bertz CT molecular complexity index is 217. The molecule has 0 unspecified atom stereocenters. The van der Waals surface area contributed by atoms with Gasteiger partial charge in [-0.25, -0.2) is 0 Å². The van der Waals surface area contributed by atoms with E-state index in [1.54, 1.807) is 7.11 Å². The van der Waals surface area contributed by atoms with Crippen molar-refractivity contribution >= 4 is 0 Å². The minimum atomic E-state index is 0.209. The van der Waals surface area contributed by atoms with E-state index in [0.717, 1.165) is 24.4 Å². The normalized spacial score (nSPS) is 10.5. The lowest BCUT2D eigenvalue weighted by atomic mass is 10.3. The van der Waals surface area contributed by atoms with Gasteiger partial charge in [0, 0.05) is 20.1 Å². The highest BCUT2D eigenvalue weighted by molar-refractivity contribution is 5.06. The van der Waals surface area contributed by atoms with E-state index in [0.29, 0.717) is 6.61 Å². The van der Waals surface area contributed by atoms with Crippen molar-refractivity contribution in [2.45, 2.75) is 19.4 Å². The smallest absolute Gasteiger partial charge is 0.129 e. The molecular formula is C9H14O3. The van der Waals surface area contributed by atoms with Gasteiger partial charge in [0.15, 0.2) is 0 Å². The van der Waals surface area contributed by atoms with Crippen molar-refractivity contribution in [2.75, 3.05) is 13.7 Å². The molecule has 1 aromatic rings. The van der Waals surface area contributed by atoms with Crippen LogP contribution in [0.1, 0.15) is 17.9 Å². The first kappa shape index (κ1) is 9.29. The van der Waals surface area contributed by atoms with Crippen LogP contribution in [0, 0.1) is 0 Å². The van der Waals surface area contributed by atoms with E-state index >= 15 is 0 Å². The summed E-state index contributed by atoms with van der Waals surface area (Å²) in [4.78, 5) is 0. The molecule has 0 aliphatic heterocycles. The number of hydrogen-bond acceptors (Lipinski definition) is 3. The molecule has 0 saturated carbocycles. The Morgan fingerprint density at radius 2 is 2.17 bits per heavy atom. The molecule has 0 spiro atoms. The van der Waals surface area contributed by atoms with Crippen LogP contribution >= 0.6 is 0 Å². The van der Waals surface area contributed by atoms with Crippen LogP contribution in [0.4, 0.5) is 0 Å². The fraction of sp³-hybridized carbons (Fsp3) is 0.556. The molecule has 1 N–H and O–H groups in total. The Morgan fingerprint density at radius 3 is 2.83 bits per heavy atom. The highest BCUT2D eigenvalue weighted by Crippen LogP contribution is 2.10. The van der Waals surface area contributed by atoms with Crippen LogP contribution in [0.15, 0.2) is 16.5 Å². The Hall–Kier alpha value is -0.800. The summed E-state index contributed by atoms with van der Waals surface area (Å²) in [7, 11) is 1.63. The maximum Gasteiger partial charge on any atom is 0.129 e. The van der Waals surface area contributed by atoms with E-state index in [4.69, 9.17) is 14.3 Å². The third-order valence-corrected chi connectivity index (χ3v) is 1.59. The topological polar surface area (TPSA) is 42.6 Å². The summed E-state index contributed by atoms with van der Waals surface area (Å²) >= 11 is 0. The zero-order valence-corrected chi connectivity index (χ0v) is 7.25. The molecule has 0 aliphatic rings. The molecule has 0 atom stereocenters. The Balaban J connectivity index is 2.41. The van der Waals surface area contributed by atoms with E-state index in [2.05, 4.69) is 0 Å². The first-order chi connectivity index (χ1) is 5.86. The molecule has 12 heavy (non-hydrogen) atoms. The van der Waals surface area contributed by atoms with Crippen molar-refractivity contribution in [1.29, 1.82) is 0 Å². The van der Waals surface area contributed by atoms with Crippen molar-refractivity contribution < 1.29 is 14.3 Å². The fourth-order valence-corrected chi connectivity index (χ4v) is 1.03. The van der Waals surface area contributed by atoms with Gasteiger partial charge in [-0.3, -0.25) is 0 Å². The average Bonchev–Trinajstić information content (AvgIpc) is 2.50. The highest BCUT2D eigenvalue weighted by atomic mass is 16.5. The van der Waals surface area contributed by atoms with Gasteiger partial charge in [0.1, 0.15) is 18.1 Å². The molecule has 0 radical (unpaired) electrons. The summed E-state index contributed by atoms with van der Waals surface area (Å²) in [6.45, 7) is 0.722. The number of rotatable bonds is 5. The van der Waals surface area contributed by atoms with Crippen LogP contribution in [-0.4, -0.2) is 18.8 Å². The zero-order valence-electron chi connectivity index (χ0n) is 7.25. The molecule has 0 saturated heterocycles. The molecule has 0 amide bonds. The summed E-state index contributed by atoms with van der Waals surface area (Å²) in [5, 5.41) is 8.57. The second-order valence-electron chi connectivity index (χ2n) is 2.63. The molecule has 0 aromatic carbocycles. The standard InChI is InChI=1S/C9H14O3/c1-11-7-9-5-4-8(12-9)3-2-6-10/h4-5,10H,2-3,6-7H2,1H3. The van der Waals surface area contributed by atoms with E-state index in [1.165, 1.54) is 0 Å². The van der Waals surface area contributed by atoms with Crippen LogP contribution in [0.5, 0.6) is 0 Å². The number of furan rings is 1. The van der Waals surface area contributed by atoms with Crippen molar-refractivity contribution in [3.63, 3.8) is 0 Å². The predicted octanol–water partition coefficient (Wildman–Crippen LogP) is 1.35. The first-order valence-electron chi connectivity index (χ1n) is 4.04. The summed E-state index contributed by atoms with van der Waals surface area (Å²) in [6, 6.07) is 3.82. The van der Waals surface area contributed by atoms with Gasteiger partial charge in [-0.2, -0.15) is 0 Å². The van der Waals surface area contributed by atoms with Crippen LogP contribution < -0.4 is 0 Å². The maximum absolute atomic E-state index is 8.57. The molecule has 0 aliphatic carbocycles. The molecule has 68 valence electrons. The lowest BCUT2D eigenvalue weighted by Crippen LogP contribution is -1.87. The van der Waals surface area contributed by atoms with E-state index < -0.39 is 0 Å². The fourth-order valence-electron chi connectivity index (χ4n) is 1.03. The third-order valence-electron chi connectivity index (χ3n) is 1.59. The summed E-state index contributed by atoms with van der Waals surface area (Å²) in [6.07, 6.45) is 1.54. The number of aryl methyl sites for hydroxylation is 1. The SMILES string of the molecule is COCc1ccc(CCCO)o1. The van der Waals surface area contributed by atoms with Gasteiger partial charge in [-0.1, -0.05) is 0 Å². The molecular weight excluding hydrogens is 156 g/mol. The minimum absolute atomic E-state index is 0.209. The van der Waals surface area contributed by atoms with Crippen molar-refractivity contribution in [2.24, 2.45) is 0 Å². The lowest BCUT2D eigenvalue weighted by molar-refractivity contribution is 0.162. The monoisotopic (exact) mass is 170 g/mol. The molecule has 1 heterocycles. The Kier molecular flexibility index (Phi) is 3.84.